The van der Waals surface area contributed by atoms with Gasteiger partial charge >= 0.3 is 6.09 Å². The zero-order valence-electron chi connectivity index (χ0n) is 3.65. The summed E-state index contributed by atoms with van der Waals surface area (Å²) in [6.07, 6.45) is -0.948. The van der Waals surface area contributed by atoms with Crippen LogP contribution in [0.1, 0.15) is 0 Å². The van der Waals surface area contributed by atoms with Gasteiger partial charge in [0.2, 0.25) is 0 Å². The van der Waals surface area contributed by atoms with E-state index in [1.54, 1.807) is 0 Å². The third-order valence-electron chi connectivity index (χ3n) is 0.371. The van der Waals surface area contributed by atoms with Crippen molar-refractivity contribution in [3.63, 3.8) is 0 Å². The van der Waals surface area contributed by atoms with Crippen LogP contribution in [0.3, 0.4) is 0 Å². The lowest BCUT2D eigenvalue weighted by atomic mass is 10.8. The van der Waals surface area contributed by atoms with Crippen molar-refractivity contribution < 1.29 is 9.90 Å². The highest BCUT2D eigenvalue weighted by Gasteiger charge is 1.87. The van der Waals surface area contributed by atoms with Gasteiger partial charge in [0, 0.05) is 11.0 Å². The minimum atomic E-state index is -0.948. The zero-order valence-corrected chi connectivity index (χ0v) is 5.81. The Labute approximate surface area is 55.2 Å². The summed E-state index contributed by atoms with van der Waals surface area (Å²) in [7, 11) is 0. The molecular formula is C3H6INO2. The quantitative estimate of drug-likeness (QED) is 0.525. The van der Waals surface area contributed by atoms with Gasteiger partial charge < -0.3 is 10.4 Å². The summed E-state index contributed by atoms with van der Waals surface area (Å²) in [5.74, 6) is 0. The Morgan fingerprint density at radius 1 is 1.86 bits per heavy atom. The second kappa shape index (κ2) is 4.17. The van der Waals surface area contributed by atoms with Crippen LogP contribution >= 0.6 is 22.6 Å². The SMILES string of the molecule is O=C(O)NCCI. The standard InChI is InChI=1S/C3H6INO2/c4-1-2-5-3(6)7/h5H,1-2H2,(H,6,7). The van der Waals surface area contributed by atoms with E-state index in [1.165, 1.54) is 0 Å². The van der Waals surface area contributed by atoms with E-state index >= 15 is 0 Å². The van der Waals surface area contributed by atoms with Crippen molar-refractivity contribution >= 4 is 28.7 Å². The molecule has 0 aromatic rings. The average Bonchev–Trinajstić information content (AvgIpc) is 1.61. The van der Waals surface area contributed by atoms with Gasteiger partial charge in [-0.1, -0.05) is 22.6 Å². The van der Waals surface area contributed by atoms with Crippen LogP contribution in [-0.4, -0.2) is 22.2 Å². The fourth-order valence-corrected chi connectivity index (χ4v) is 0.424. The number of rotatable bonds is 2. The molecule has 4 heteroatoms. The molecule has 0 saturated carbocycles. The normalized spacial score (nSPS) is 8.14. The minimum absolute atomic E-state index is 0.538. The maximum Gasteiger partial charge on any atom is 0.404 e. The van der Waals surface area contributed by atoms with Gasteiger partial charge in [-0.2, -0.15) is 0 Å². The first-order chi connectivity index (χ1) is 3.27. The number of carbonyl (C=O) groups is 1. The Balaban J connectivity index is 2.82. The molecular weight excluding hydrogens is 209 g/mol. The highest BCUT2D eigenvalue weighted by molar-refractivity contribution is 14.1. The molecule has 0 fully saturated rings. The molecule has 0 aliphatic rings. The summed E-state index contributed by atoms with van der Waals surface area (Å²) in [5.41, 5.74) is 0. The number of halogens is 1. The maximum atomic E-state index is 9.64. The molecule has 0 unspecified atom stereocenters. The number of hydrogen-bond acceptors (Lipinski definition) is 1. The van der Waals surface area contributed by atoms with E-state index in [4.69, 9.17) is 5.11 Å². The summed E-state index contributed by atoms with van der Waals surface area (Å²) in [6, 6.07) is 0. The molecule has 0 aliphatic carbocycles. The molecule has 0 aromatic heterocycles. The van der Waals surface area contributed by atoms with Gasteiger partial charge in [0.05, 0.1) is 0 Å². The maximum absolute atomic E-state index is 9.64. The molecule has 2 N–H and O–H groups in total. The summed E-state index contributed by atoms with van der Waals surface area (Å²) in [4.78, 5) is 9.64. The van der Waals surface area contributed by atoms with E-state index in [1.807, 2.05) is 0 Å². The third kappa shape index (κ3) is 6.00. The van der Waals surface area contributed by atoms with Gasteiger partial charge in [-0.25, -0.2) is 4.79 Å². The second-order valence-electron chi connectivity index (χ2n) is 0.921. The van der Waals surface area contributed by atoms with Gasteiger partial charge in [0.1, 0.15) is 0 Å². The van der Waals surface area contributed by atoms with Crippen molar-refractivity contribution in [1.82, 2.24) is 5.32 Å². The lowest BCUT2D eigenvalue weighted by molar-refractivity contribution is 0.195. The van der Waals surface area contributed by atoms with Crippen molar-refractivity contribution in [2.24, 2.45) is 0 Å². The molecule has 1 amide bonds. The molecule has 0 spiro atoms. The summed E-state index contributed by atoms with van der Waals surface area (Å²) >= 11 is 2.09. The topological polar surface area (TPSA) is 49.3 Å². The second-order valence-corrected chi connectivity index (χ2v) is 2.00. The van der Waals surface area contributed by atoms with Crippen LogP contribution in [0.2, 0.25) is 0 Å². The summed E-state index contributed by atoms with van der Waals surface area (Å²) in [5, 5.41) is 10.1. The van der Waals surface area contributed by atoms with Crippen LogP contribution in [0.5, 0.6) is 0 Å². The third-order valence-corrected chi connectivity index (χ3v) is 0.910. The van der Waals surface area contributed by atoms with E-state index in [9.17, 15) is 4.79 Å². The molecule has 0 saturated heterocycles. The molecule has 7 heavy (non-hydrogen) atoms. The van der Waals surface area contributed by atoms with E-state index in [0.29, 0.717) is 6.54 Å². The molecule has 3 nitrogen and oxygen atoms in total. The molecule has 42 valence electrons. The van der Waals surface area contributed by atoms with E-state index in [2.05, 4.69) is 27.9 Å². The van der Waals surface area contributed by atoms with Crippen LogP contribution in [0.15, 0.2) is 0 Å². The van der Waals surface area contributed by atoms with Crippen molar-refractivity contribution in [1.29, 1.82) is 0 Å². The van der Waals surface area contributed by atoms with E-state index in [0.717, 1.165) is 4.43 Å². The Morgan fingerprint density at radius 3 is 2.57 bits per heavy atom. The largest absolute Gasteiger partial charge is 0.465 e. The monoisotopic (exact) mass is 215 g/mol. The smallest absolute Gasteiger partial charge is 0.404 e. The first-order valence-electron chi connectivity index (χ1n) is 1.80. The highest BCUT2D eigenvalue weighted by atomic mass is 127. The highest BCUT2D eigenvalue weighted by Crippen LogP contribution is 1.74. The average molecular weight is 215 g/mol. The predicted octanol–water partition coefficient (Wildman–Crippen LogP) is 0.689. The number of nitrogens with one attached hydrogen (secondary N) is 1. The number of hydrogen-bond donors (Lipinski definition) is 2. The number of carboxylic acid groups (broad SMARTS) is 1. The van der Waals surface area contributed by atoms with Crippen molar-refractivity contribution in [3.8, 4) is 0 Å². The van der Waals surface area contributed by atoms with Crippen LogP contribution in [0, 0.1) is 0 Å². The molecule has 0 rings (SSSR count). The van der Waals surface area contributed by atoms with Gasteiger partial charge in [0.25, 0.3) is 0 Å². The minimum Gasteiger partial charge on any atom is -0.465 e. The van der Waals surface area contributed by atoms with Gasteiger partial charge in [-0.05, 0) is 0 Å². The van der Waals surface area contributed by atoms with Crippen molar-refractivity contribution in [2.45, 2.75) is 0 Å². The first kappa shape index (κ1) is 7.00. The Morgan fingerprint density at radius 2 is 2.43 bits per heavy atom. The first-order valence-corrected chi connectivity index (χ1v) is 3.32. The Kier molecular flexibility index (Phi) is 4.17. The fourth-order valence-electron chi connectivity index (χ4n) is 0.154. The molecule has 0 aromatic carbocycles. The van der Waals surface area contributed by atoms with Gasteiger partial charge in [-0.15, -0.1) is 0 Å². The zero-order chi connectivity index (χ0) is 5.70. The van der Waals surface area contributed by atoms with Crippen molar-refractivity contribution in [3.05, 3.63) is 0 Å². The fraction of sp³-hybridized carbons (Fsp3) is 0.667. The summed E-state index contributed by atoms with van der Waals surface area (Å²) in [6.45, 7) is 0.538. The Bertz CT molecular complexity index is 66.0. The van der Waals surface area contributed by atoms with Crippen LogP contribution in [0.4, 0.5) is 4.79 Å². The number of alkyl halides is 1. The Hall–Kier alpha value is 0. The van der Waals surface area contributed by atoms with E-state index < -0.39 is 6.09 Å². The lowest BCUT2D eigenvalue weighted by Crippen LogP contribution is -2.22. The lowest BCUT2D eigenvalue weighted by Gasteiger charge is -1.91. The molecule has 0 atom stereocenters. The van der Waals surface area contributed by atoms with Crippen molar-refractivity contribution in [2.75, 3.05) is 11.0 Å². The molecule has 0 heterocycles. The number of amides is 1. The predicted molar refractivity (Wildman–Crippen MR) is 34.9 cm³/mol. The molecule has 0 bridgehead atoms. The van der Waals surface area contributed by atoms with Crippen LogP contribution in [-0.2, 0) is 0 Å². The van der Waals surface area contributed by atoms with Crippen LogP contribution < -0.4 is 5.32 Å². The van der Waals surface area contributed by atoms with Gasteiger partial charge in [0.15, 0.2) is 0 Å². The summed E-state index contributed by atoms with van der Waals surface area (Å²) < 4.78 is 0.823. The molecule has 0 radical (unpaired) electrons. The van der Waals surface area contributed by atoms with E-state index in [-0.39, 0.29) is 0 Å². The van der Waals surface area contributed by atoms with Crippen LogP contribution in [0.25, 0.3) is 0 Å². The van der Waals surface area contributed by atoms with Gasteiger partial charge in [-0.3, -0.25) is 0 Å². The molecule has 0 aliphatic heterocycles.